The number of nitrogens with two attached hydrogens (primary N) is 1. The molecule has 4 fully saturated rings. The zero-order chi connectivity index (χ0) is 13.1. The Labute approximate surface area is 114 Å². The normalized spacial score (nSPS) is 41.7. The molecule has 4 nitrogen and oxygen atoms in total. The fourth-order valence-corrected chi connectivity index (χ4v) is 5.54. The van der Waals surface area contributed by atoms with E-state index in [2.05, 4.69) is 10.1 Å². The van der Waals surface area contributed by atoms with Crippen LogP contribution in [-0.4, -0.2) is 14.8 Å². The monoisotopic (exact) mass is 260 g/mol. The van der Waals surface area contributed by atoms with Gasteiger partial charge in [-0.2, -0.15) is 5.10 Å². The highest BCUT2D eigenvalue weighted by Gasteiger charge is 2.50. The summed E-state index contributed by atoms with van der Waals surface area (Å²) in [6.45, 7) is 1.95. The van der Waals surface area contributed by atoms with Crippen LogP contribution in [0.5, 0.6) is 0 Å². The second kappa shape index (κ2) is 4.05. The molecule has 1 aromatic heterocycles. The Morgan fingerprint density at radius 2 is 1.68 bits per heavy atom. The molecule has 4 heteroatoms. The van der Waals surface area contributed by atoms with Crippen LogP contribution in [0, 0.1) is 36.5 Å². The molecule has 0 radical (unpaired) electrons. The number of rotatable bonds is 2. The van der Waals surface area contributed by atoms with Gasteiger partial charge < -0.3 is 5.73 Å². The van der Waals surface area contributed by atoms with Crippen molar-refractivity contribution in [2.24, 2.45) is 42.4 Å². The van der Waals surface area contributed by atoms with Gasteiger partial charge in [0, 0.05) is 7.05 Å². The predicted molar refractivity (Wildman–Crippen MR) is 73.2 cm³/mol. The van der Waals surface area contributed by atoms with Gasteiger partial charge in [0.2, 0.25) is 0 Å². The second-order valence-electron chi connectivity index (χ2n) is 7.17. The summed E-state index contributed by atoms with van der Waals surface area (Å²) in [6, 6.07) is 0.0844. The first-order chi connectivity index (χ1) is 9.11. The molecule has 5 rings (SSSR count). The highest BCUT2D eigenvalue weighted by atomic mass is 15.3. The van der Waals surface area contributed by atoms with Gasteiger partial charge >= 0.3 is 0 Å². The van der Waals surface area contributed by atoms with Crippen LogP contribution in [-0.2, 0) is 7.05 Å². The standard InChI is InChI=1S/C15H24N4/c1-8-17-15(19(2)18-8)14(16)13-11-4-9-3-10(6-11)7-12(13)5-9/h9-14H,3-7,16H2,1-2H3. The lowest BCUT2D eigenvalue weighted by molar-refractivity contribution is -0.0486. The molecular weight excluding hydrogens is 236 g/mol. The van der Waals surface area contributed by atoms with E-state index in [9.17, 15) is 0 Å². The predicted octanol–water partition coefficient (Wildman–Crippen LogP) is 2.20. The molecule has 4 saturated carbocycles. The van der Waals surface area contributed by atoms with Gasteiger partial charge in [-0.3, -0.25) is 4.68 Å². The molecular formula is C15H24N4. The minimum absolute atomic E-state index is 0.0844. The molecule has 1 heterocycles. The van der Waals surface area contributed by atoms with Crippen LogP contribution >= 0.6 is 0 Å². The van der Waals surface area contributed by atoms with E-state index in [1.165, 1.54) is 32.1 Å². The van der Waals surface area contributed by atoms with Crippen molar-refractivity contribution in [3.05, 3.63) is 11.6 Å². The fraction of sp³-hybridized carbons (Fsp3) is 0.867. The van der Waals surface area contributed by atoms with Crippen LogP contribution in [0.2, 0.25) is 0 Å². The van der Waals surface area contributed by atoms with Crippen LogP contribution in [0.3, 0.4) is 0 Å². The Morgan fingerprint density at radius 3 is 2.16 bits per heavy atom. The van der Waals surface area contributed by atoms with E-state index in [1.54, 1.807) is 0 Å². The van der Waals surface area contributed by atoms with Crippen LogP contribution in [0.25, 0.3) is 0 Å². The molecule has 0 aromatic carbocycles. The highest BCUT2D eigenvalue weighted by molar-refractivity contribution is 5.07. The van der Waals surface area contributed by atoms with E-state index in [1.807, 2.05) is 18.7 Å². The van der Waals surface area contributed by atoms with Crippen LogP contribution in [0.15, 0.2) is 0 Å². The second-order valence-corrected chi connectivity index (χ2v) is 7.17. The fourth-order valence-electron chi connectivity index (χ4n) is 5.54. The van der Waals surface area contributed by atoms with Gasteiger partial charge in [0.05, 0.1) is 6.04 Å². The highest BCUT2D eigenvalue weighted by Crippen LogP contribution is 2.58. The van der Waals surface area contributed by atoms with Gasteiger partial charge in [0.15, 0.2) is 0 Å². The van der Waals surface area contributed by atoms with Crippen molar-refractivity contribution in [2.75, 3.05) is 0 Å². The van der Waals surface area contributed by atoms with Gasteiger partial charge in [-0.05, 0) is 68.6 Å². The van der Waals surface area contributed by atoms with Crippen LogP contribution in [0.1, 0.15) is 49.8 Å². The maximum absolute atomic E-state index is 6.61. The third-order valence-corrected chi connectivity index (χ3v) is 5.92. The zero-order valence-corrected chi connectivity index (χ0v) is 11.9. The average molecular weight is 260 g/mol. The Balaban J connectivity index is 1.63. The molecule has 4 bridgehead atoms. The van der Waals surface area contributed by atoms with Crippen molar-refractivity contribution in [3.63, 3.8) is 0 Å². The first-order valence-corrected chi connectivity index (χ1v) is 7.75. The Morgan fingerprint density at radius 1 is 1.11 bits per heavy atom. The largest absolute Gasteiger partial charge is 0.321 e. The number of aromatic nitrogens is 3. The van der Waals surface area contributed by atoms with Crippen LogP contribution in [0.4, 0.5) is 0 Å². The molecule has 1 aromatic rings. The van der Waals surface area contributed by atoms with Crippen molar-refractivity contribution in [1.82, 2.24) is 14.8 Å². The lowest BCUT2D eigenvalue weighted by atomic mass is 9.50. The molecule has 19 heavy (non-hydrogen) atoms. The summed E-state index contributed by atoms with van der Waals surface area (Å²) >= 11 is 0. The van der Waals surface area contributed by atoms with E-state index in [0.717, 1.165) is 35.3 Å². The summed E-state index contributed by atoms with van der Waals surface area (Å²) in [6.07, 6.45) is 7.17. The summed E-state index contributed by atoms with van der Waals surface area (Å²) in [5.74, 6) is 6.20. The lowest BCUT2D eigenvalue weighted by Crippen LogP contribution is -2.49. The molecule has 4 aliphatic rings. The Bertz CT molecular complexity index is 464. The molecule has 0 spiro atoms. The van der Waals surface area contributed by atoms with Crippen molar-refractivity contribution < 1.29 is 0 Å². The van der Waals surface area contributed by atoms with Gasteiger partial charge in [-0.25, -0.2) is 4.98 Å². The third-order valence-electron chi connectivity index (χ3n) is 5.92. The summed E-state index contributed by atoms with van der Waals surface area (Å²) < 4.78 is 1.89. The van der Waals surface area contributed by atoms with E-state index in [4.69, 9.17) is 5.73 Å². The maximum Gasteiger partial charge on any atom is 0.147 e. The molecule has 0 aliphatic heterocycles. The van der Waals surface area contributed by atoms with E-state index in [-0.39, 0.29) is 6.04 Å². The zero-order valence-electron chi connectivity index (χ0n) is 11.9. The number of hydrogen-bond donors (Lipinski definition) is 1. The molecule has 1 unspecified atom stereocenters. The van der Waals surface area contributed by atoms with E-state index >= 15 is 0 Å². The quantitative estimate of drug-likeness (QED) is 0.887. The minimum atomic E-state index is 0.0844. The summed E-state index contributed by atoms with van der Waals surface area (Å²) in [7, 11) is 1.98. The van der Waals surface area contributed by atoms with Gasteiger partial charge in [-0.1, -0.05) is 0 Å². The average Bonchev–Trinajstić information content (AvgIpc) is 2.66. The van der Waals surface area contributed by atoms with Gasteiger partial charge in [-0.15, -0.1) is 0 Å². The van der Waals surface area contributed by atoms with Crippen molar-refractivity contribution in [3.8, 4) is 0 Å². The first kappa shape index (κ1) is 11.9. The first-order valence-electron chi connectivity index (χ1n) is 7.75. The molecule has 104 valence electrons. The van der Waals surface area contributed by atoms with Crippen molar-refractivity contribution in [2.45, 2.75) is 45.1 Å². The van der Waals surface area contributed by atoms with Crippen LogP contribution < -0.4 is 5.73 Å². The SMILES string of the molecule is Cc1nc(C(N)C2C3CC4CC(C3)CC2C4)n(C)n1. The lowest BCUT2D eigenvalue weighted by Gasteiger charge is -2.55. The molecule has 4 aliphatic carbocycles. The summed E-state index contributed by atoms with van der Waals surface area (Å²) in [4.78, 5) is 4.57. The molecule has 2 N–H and O–H groups in total. The third kappa shape index (κ3) is 1.76. The number of hydrogen-bond acceptors (Lipinski definition) is 3. The molecule has 0 amide bonds. The topological polar surface area (TPSA) is 56.7 Å². The molecule has 1 atom stereocenters. The minimum Gasteiger partial charge on any atom is -0.321 e. The molecule has 0 saturated heterocycles. The van der Waals surface area contributed by atoms with Crippen molar-refractivity contribution in [1.29, 1.82) is 0 Å². The van der Waals surface area contributed by atoms with E-state index in [0.29, 0.717) is 5.92 Å². The maximum atomic E-state index is 6.61. The van der Waals surface area contributed by atoms with Gasteiger partial charge in [0.1, 0.15) is 11.6 Å². The number of aryl methyl sites for hydroxylation is 2. The van der Waals surface area contributed by atoms with E-state index < -0.39 is 0 Å². The number of nitrogens with zero attached hydrogens (tertiary/aromatic N) is 3. The summed E-state index contributed by atoms with van der Waals surface area (Å²) in [5, 5.41) is 4.37. The van der Waals surface area contributed by atoms with Crippen molar-refractivity contribution >= 4 is 0 Å². The smallest absolute Gasteiger partial charge is 0.147 e. The summed E-state index contributed by atoms with van der Waals surface area (Å²) in [5.41, 5.74) is 6.61. The Kier molecular flexibility index (Phi) is 2.53. The Hall–Kier alpha value is -0.900. The van der Waals surface area contributed by atoms with Gasteiger partial charge in [0.25, 0.3) is 0 Å².